The largest absolute Gasteiger partial charge is 0.352 e. The topological polar surface area (TPSA) is 86.8 Å². The molecule has 7 nitrogen and oxygen atoms in total. The molecule has 0 bridgehead atoms. The summed E-state index contributed by atoms with van der Waals surface area (Å²) in [6.45, 7) is 6.77. The van der Waals surface area contributed by atoms with Crippen molar-refractivity contribution < 1.29 is 18.0 Å². The Labute approximate surface area is 224 Å². The van der Waals surface area contributed by atoms with Crippen molar-refractivity contribution in [2.75, 3.05) is 10.8 Å². The predicted octanol–water partition coefficient (Wildman–Crippen LogP) is 4.79. The fourth-order valence-corrected chi connectivity index (χ4v) is 5.46. The van der Waals surface area contributed by atoms with Crippen LogP contribution in [0.15, 0.2) is 83.8 Å². The Morgan fingerprint density at radius 3 is 2.08 bits per heavy atom. The molecule has 9 heteroatoms. The average Bonchev–Trinajstić information content (AvgIpc) is 2.86. The van der Waals surface area contributed by atoms with Gasteiger partial charge in [-0.1, -0.05) is 60.1 Å². The Hall–Kier alpha value is -3.36. The zero-order chi connectivity index (χ0) is 27.2. The van der Waals surface area contributed by atoms with Gasteiger partial charge in [-0.25, -0.2) is 8.42 Å². The maximum Gasteiger partial charge on any atom is 0.264 e. The van der Waals surface area contributed by atoms with Crippen LogP contribution in [0.2, 0.25) is 5.02 Å². The van der Waals surface area contributed by atoms with Crippen molar-refractivity contribution in [1.82, 2.24) is 10.2 Å². The number of anilines is 1. The molecule has 1 atom stereocenters. The zero-order valence-electron chi connectivity index (χ0n) is 21.4. The molecule has 0 aliphatic heterocycles. The van der Waals surface area contributed by atoms with Crippen LogP contribution in [0.5, 0.6) is 0 Å². The molecule has 2 amide bonds. The van der Waals surface area contributed by atoms with Gasteiger partial charge in [0.05, 0.1) is 10.6 Å². The van der Waals surface area contributed by atoms with Crippen molar-refractivity contribution in [3.63, 3.8) is 0 Å². The molecule has 0 aliphatic rings. The van der Waals surface area contributed by atoms with Gasteiger partial charge in [0.2, 0.25) is 11.8 Å². The number of para-hydroxylation sites is 1. The van der Waals surface area contributed by atoms with Gasteiger partial charge in [-0.3, -0.25) is 13.9 Å². The van der Waals surface area contributed by atoms with Crippen LogP contribution in [-0.4, -0.2) is 43.8 Å². The van der Waals surface area contributed by atoms with Crippen LogP contribution in [0.4, 0.5) is 5.69 Å². The normalized spacial score (nSPS) is 12.2. The Balaban J connectivity index is 2.03. The number of rotatable bonds is 10. The number of carbonyl (C=O) groups excluding carboxylic acids is 2. The number of nitrogens with one attached hydrogen (secondary N) is 1. The molecule has 3 aromatic rings. The molecular weight excluding hydrogens is 510 g/mol. The summed E-state index contributed by atoms with van der Waals surface area (Å²) in [7, 11) is -4.13. The van der Waals surface area contributed by atoms with E-state index in [0.29, 0.717) is 16.3 Å². The standard InChI is InChI=1S/C28H32ClN3O4S/c1-20(2)30-28(34)22(4)31(18-23-11-6-5-7-12-23)27(33)19-32(26-13-9-8-10-21(26)3)37(35,36)25-16-14-24(29)15-17-25/h5-17,20,22H,18-19H2,1-4H3,(H,30,34)/t22-/m0/s1. The second kappa shape index (κ2) is 12.3. The quantitative estimate of drug-likeness (QED) is 0.400. The summed E-state index contributed by atoms with van der Waals surface area (Å²) in [4.78, 5) is 28.1. The van der Waals surface area contributed by atoms with Crippen LogP contribution in [0.3, 0.4) is 0 Å². The second-order valence-electron chi connectivity index (χ2n) is 9.10. The fourth-order valence-electron chi connectivity index (χ4n) is 3.86. The number of nitrogens with zero attached hydrogens (tertiary/aromatic N) is 2. The molecule has 196 valence electrons. The number of benzene rings is 3. The van der Waals surface area contributed by atoms with Crippen molar-refractivity contribution >= 4 is 39.1 Å². The van der Waals surface area contributed by atoms with Gasteiger partial charge in [0.25, 0.3) is 10.0 Å². The minimum absolute atomic E-state index is 0.00756. The van der Waals surface area contributed by atoms with E-state index in [9.17, 15) is 18.0 Å². The van der Waals surface area contributed by atoms with Gasteiger partial charge in [-0.2, -0.15) is 0 Å². The minimum Gasteiger partial charge on any atom is -0.352 e. The van der Waals surface area contributed by atoms with Gasteiger partial charge in [-0.15, -0.1) is 0 Å². The molecular formula is C28H32ClN3O4S. The van der Waals surface area contributed by atoms with E-state index in [2.05, 4.69) is 5.32 Å². The molecule has 0 aliphatic carbocycles. The number of aryl methyl sites for hydroxylation is 1. The Bertz CT molecular complexity index is 1330. The Morgan fingerprint density at radius 1 is 0.892 bits per heavy atom. The van der Waals surface area contributed by atoms with Gasteiger partial charge in [0, 0.05) is 17.6 Å². The SMILES string of the molecule is Cc1ccccc1N(CC(=O)N(Cc1ccccc1)[C@@H](C)C(=O)NC(C)C)S(=O)(=O)c1ccc(Cl)cc1. The van der Waals surface area contributed by atoms with Crippen LogP contribution in [0.1, 0.15) is 31.9 Å². The number of halogens is 1. The third kappa shape index (κ3) is 7.11. The first-order chi connectivity index (χ1) is 17.5. The molecule has 0 aromatic heterocycles. The summed E-state index contributed by atoms with van der Waals surface area (Å²) in [6.07, 6.45) is 0. The highest BCUT2D eigenvalue weighted by atomic mass is 35.5. The highest BCUT2D eigenvalue weighted by Gasteiger charge is 2.33. The molecule has 0 saturated carbocycles. The first kappa shape index (κ1) is 28.2. The summed E-state index contributed by atoms with van der Waals surface area (Å²) < 4.78 is 28.7. The van der Waals surface area contributed by atoms with Crippen molar-refractivity contribution in [2.45, 2.75) is 51.2 Å². The number of hydrogen-bond donors (Lipinski definition) is 1. The van der Waals surface area contributed by atoms with Gasteiger partial charge >= 0.3 is 0 Å². The maximum atomic E-state index is 13.8. The number of carbonyl (C=O) groups is 2. The van der Waals surface area contributed by atoms with E-state index in [1.165, 1.54) is 29.2 Å². The molecule has 3 aromatic carbocycles. The van der Waals surface area contributed by atoms with Gasteiger partial charge in [0.15, 0.2) is 0 Å². The zero-order valence-corrected chi connectivity index (χ0v) is 23.0. The van der Waals surface area contributed by atoms with Gasteiger partial charge in [-0.05, 0) is 69.2 Å². The lowest BCUT2D eigenvalue weighted by atomic mass is 10.1. The van der Waals surface area contributed by atoms with E-state index in [-0.39, 0.29) is 23.4 Å². The van der Waals surface area contributed by atoms with Crippen molar-refractivity contribution in [1.29, 1.82) is 0 Å². The number of amides is 2. The third-order valence-electron chi connectivity index (χ3n) is 5.86. The van der Waals surface area contributed by atoms with Crippen molar-refractivity contribution in [3.05, 3.63) is 95.0 Å². The minimum atomic E-state index is -4.13. The van der Waals surface area contributed by atoms with E-state index >= 15 is 0 Å². The molecule has 1 N–H and O–H groups in total. The highest BCUT2D eigenvalue weighted by Crippen LogP contribution is 2.28. The average molecular weight is 542 g/mol. The Kier molecular flexibility index (Phi) is 9.34. The monoisotopic (exact) mass is 541 g/mol. The summed E-state index contributed by atoms with van der Waals surface area (Å²) >= 11 is 5.98. The van der Waals surface area contributed by atoms with E-state index in [1.54, 1.807) is 38.1 Å². The molecule has 37 heavy (non-hydrogen) atoms. The third-order valence-corrected chi connectivity index (χ3v) is 7.88. The second-order valence-corrected chi connectivity index (χ2v) is 11.4. The summed E-state index contributed by atoms with van der Waals surface area (Å²) in [6, 6.07) is 21.1. The van der Waals surface area contributed by atoms with E-state index in [0.717, 1.165) is 9.87 Å². The van der Waals surface area contributed by atoms with Crippen molar-refractivity contribution in [3.8, 4) is 0 Å². The van der Waals surface area contributed by atoms with E-state index in [4.69, 9.17) is 11.6 Å². The fraction of sp³-hybridized carbons (Fsp3) is 0.286. The number of hydrogen-bond acceptors (Lipinski definition) is 4. The van der Waals surface area contributed by atoms with E-state index in [1.807, 2.05) is 44.2 Å². The molecule has 0 heterocycles. The summed E-state index contributed by atoms with van der Waals surface area (Å²) in [5.41, 5.74) is 1.89. The molecule has 0 saturated heterocycles. The molecule has 3 rings (SSSR count). The Morgan fingerprint density at radius 2 is 1.49 bits per heavy atom. The number of sulfonamides is 1. The predicted molar refractivity (Wildman–Crippen MR) is 147 cm³/mol. The maximum absolute atomic E-state index is 13.8. The first-order valence-corrected chi connectivity index (χ1v) is 13.8. The molecule has 0 spiro atoms. The molecule has 0 unspecified atom stereocenters. The molecule has 0 fully saturated rings. The lowest BCUT2D eigenvalue weighted by Crippen LogP contribution is -2.52. The van der Waals surface area contributed by atoms with Crippen LogP contribution < -0.4 is 9.62 Å². The lowest BCUT2D eigenvalue weighted by Gasteiger charge is -2.32. The van der Waals surface area contributed by atoms with Crippen LogP contribution >= 0.6 is 11.6 Å². The van der Waals surface area contributed by atoms with Crippen LogP contribution in [0.25, 0.3) is 0 Å². The molecule has 0 radical (unpaired) electrons. The van der Waals surface area contributed by atoms with Crippen molar-refractivity contribution in [2.24, 2.45) is 0 Å². The van der Waals surface area contributed by atoms with Crippen LogP contribution in [-0.2, 0) is 26.2 Å². The lowest BCUT2D eigenvalue weighted by molar-refractivity contribution is -0.139. The van der Waals surface area contributed by atoms with Crippen LogP contribution in [0, 0.1) is 6.92 Å². The van der Waals surface area contributed by atoms with E-state index < -0.39 is 28.5 Å². The first-order valence-electron chi connectivity index (χ1n) is 12.0. The van der Waals surface area contributed by atoms with Gasteiger partial charge in [0.1, 0.15) is 12.6 Å². The summed E-state index contributed by atoms with van der Waals surface area (Å²) in [5, 5.41) is 3.24. The highest BCUT2D eigenvalue weighted by molar-refractivity contribution is 7.92. The van der Waals surface area contributed by atoms with Gasteiger partial charge < -0.3 is 10.2 Å². The summed E-state index contributed by atoms with van der Waals surface area (Å²) in [5.74, 6) is -0.821. The smallest absolute Gasteiger partial charge is 0.264 e.